The lowest BCUT2D eigenvalue weighted by Crippen LogP contribution is -2.23. The number of thiophene rings is 1. The van der Waals surface area contributed by atoms with E-state index in [9.17, 15) is 4.79 Å². The Labute approximate surface area is 134 Å². The normalized spacial score (nSPS) is 12.3. The molecule has 0 aliphatic rings. The minimum Gasteiger partial charge on any atom is -0.266 e. The lowest BCUT2D eigenvalue weighted by atomic mass is 10.1. The number of fused-ring (bicyclic) bond motifs is 1. The van der Waals surface area contributed by atoms with Gasteiger partial charge in [0.25, 0.3) is 5.56 Å². The third-order valence-corrected chi connectivity index (χ3v) is 5.12. The highest BCUT2D eigenvalue weighted by atomic mass is 32.1. The first-order chi connectivity index (χ1) is 10.7. The van der Waals surface area contributed by atoms with Gasteiger partial charge in [-0.15, -0.1) is 16.4 Å². The third kappa shape index (κ3) is 2.26. The molecule has 0 saturated heterocycles. The fourth-order valence-electron chi connectivity index (χ4n) is 2.16. The molecule has 0 aliphatic heterocycles. The number of benzene rings is 1. The van der Waals surface area contributed by atoms with E-state index >= 15 is 0 Å². The molecule has 0 unspecified atom stereocenters. The molecule has 0 amide bonds. The first kappa shape index (κ1) is 13.4. The first-order valence-electron chi connectivity index (χ1n) is 6.72. The minimum atomic E-state index is -0.115. The van der Waals surface area contributed by atoms with Crippen LogP contribution in [0.3, 0.4) is 0 Å². The molecule has 0 spiro atoms. The average Bonchev–Trinajstić information content (AvgIpc) is 3.20. The van der Waals surface area contributed by atoms with Crippen molar-refractivity contribution in [2.45, 2.75) is 6.92 Å². The maximum atomic E-state index is 12.4. The van der Waals surface area contributed by atoms with Crippen LogP contribution >= 0.6 is 22.7 Å². The van der Waals surface area contributed by atoms with Gasteiger partial charge in [-0.3, -0.25) is 4.79 Å². The zero-order valence-corrected chi connectivity index (χ0v) is 13.3. The molecule has 1 aromatic carbocycles. The number of aryl methyl sites for hydroxylation is 1. The summed E-state index contributed by atoms with van der Waals surface area (Å²) in [5.74, 6) is 0.611. The summed E-state index contributed by atoms with van der Waals surface area (Å²) in [6.45, 7) is 2.04. The van der Waals surface area contributed by atoms with Crippen molar-refractivity contribution in [3.63, 3.8) is 0 Å². The molecule has 0 atom stereocenters. The van der Waals surface area contributed by atoms with E-state index in [-0.39, 0.29) is 5.56 Å². The van der Waals surface area contributed by atoms with Crippen LogP contribution in [0.5, 0.6) is 0 Å². The summed E-state index contributed by atoms with van der Waals surface area (Å²) in [5, 5.41) is 6.30. The third-order valence-electron chi connectivity index (χ3n) is 3.30. The highest BCUT2D eigenvalue weighted by Crippen LogP contribution is 2.21. The summed E-state index contributed by atoms with van der Waals surface area (Å²) >= 11 is 2.93. The molecular formula is C16H11N3OS2. The predicted octanol–water partition coefficient (Wildman–Crippen LogP) is 2.74. The van der Waals surface area contributed by atoms with Gasteiger partial charge in [0.05, 0.1) is 9.41 Å². The molecular weight excluding hydrogens is 314 g/mol. The standard InChI is InChI=1S/C16H11N3OS2/c1-10-4-6-11(7-5-10)9-13-15(20)19-16(22-13)17-14(18-19)12-3-2-8-21-12/h2-9H,1H3/b13-9-. The molecule has 6 heteroatoms. The molecule has 0 radical (unpaired) electrons. The van der Waals surface area contributed by atoms with Crippen molar-refractivity contribution in [1.29, 1.82) is 0 Å². The van der Waals surface area contributed by atoms with Crippen molar-refractivity contribution in [3.05, 3.63) is 67.8 Å². The van der Waals surface area contributed by atoms with Crippen LogP contribution < -0.4 is 10.1 Å². The molecule has 3 aromatic heterocycles. The fraction of sp³-hybridized carbons (Fsp3) is 0.0625. The Kier molecular flexibility index (Phi) is 3.13. The van der Waals surface area contributed by atoms with Gasteiger partial charge in [-0.1, -0.05) is 47.2 Å². The van der Waals surface area contributed by atoms with Crippen molar-refractivity contribution in [2.75, 3.05) is 0 Å². The van der Waals surface area contributed by atoms with Crippen LogP contribution in [0.4, 0.5) is 0 Å². The summed E-state index contributed by atoms with van der Waals surface area (Å²) in [4.78, 5) is 18.5. The highest BCUT2D eigenvalue weighted by Gasteiger charge is 2.12. The van der Waals surface area contributed by atoms with Crippen LogP contribution in [0.25, 0.3) is 21.7 Å². The second kappa shape index (κ2) is 5.15. The molecule has 3 heterocycles. The van der Waals surface area contributed by atoms with Gasteiger partial charge in [0.1, 0.15) is 0 Å². The van der Waals surface area contributed by atoms with Crippen molar-refractivity contribution in [3.8, 4) is 10.7 Å². The Balaban J connectivity index is 1.84. The first-order valence-corrected chi connectivity index (χ1v) is 8.42. The second-order valence-corrected chi connectivity index (χ2v) is 6.89. The number of thiazole rings is 1. The largest absolute Gasteiger partial charge is 0.291 e. The Bertz CT molecular complexity index is 1040. The van der Waals surface area contributed by atoms with Gasteiger partial charge in [0, 0.05) is 0 Å². The predicted molar refractivity (Wildman–Crippen MR) is 90.4 cm³/mol. The lowest BCUT2D eigenvalue weighted by Gasteiger charge is -1.92. The molecule has 0 saturated carbocycles. The quantitative estimate of drug-likeness (QED) is 0.569. The van der Waals surface area contributed by atoms with Crippen molar-refractivity contribution in [1.82, 2.24) is 14.6 Å². The lowest BCUT2D eigenvalue weighted by molar-refractivity contribution is 0.938. The number of rotatable bonds is 2. The van der Waals surface area contributed by atoms with Gasteiger partial charge in [-0.25, -0.2) is 0 Å². The fourth-order valence-corrected chi connectivity index (χ4v) is 3.72. The number of nitrogens with zero attached hydrogens (tertiary/aromatic N) is 3. The van der Waals surface area contributed by atoms with Gasteiger partial charge in [0.2, 0.25) is 4.96 Å². The van der Waals surface area contributed by atoms with Gasteiger partial charge in [-0.2, -0.15) is 9.50 Å². The van der Waals surface area contributed by atoms with E-state index in [4.69, 9.17) is 0 Å². The maximum absolute atomic E-state index is 12.4. The van der Waals surface area contributed by atoms with Gasteiger partial charge in [0.15, 0.2) is 5.82 Å². The van der Waals surface area contributed by atoms with Gasteiger partial charge < -0.3 is 0 Å². The Morgan fingerprint density at radius 1 is 1.18 bits per heavy atom. The Morgan fingerprint density at radius 2 is 2.00 bits per heavy atom. The number of aromatic nitrogens is 3. The SMILES string of the molecule is Cc1ccc(/C=c2\sc3nc(-c4cccs4)nn3c2=O)cc1. The maximum Gasteiger partial charge on any atom is 0.291 e. The molecule has 0 aliphatic carbocycles. The van der Waals surface area contributed by atoms with Crippen LogP contribution in [0, 0.1) is 6.92 Å². The van der Waals surface area contributed by atoms with E-state index in [0.717, 1.165) is 10.4 Å². The van der Waals surface area contributed by atoms with Crippen LogP contribution in [-0.4, -0.2) is 14.6 Å². The molecule has 0 fully saturated rings. The highest BCUT2D eigenvalue weighted by molar-refractivity contribution is 7.15. The summed E-state index contributed by atoms with van der Waals surface area (Å²) in [6, 6.07) is 12.0. The topological polar surface area (TPSA) is 47.3 Å². The van der Waals surface area contributed by atoms with E-state index in [0.29, 0.717) is 15.3 Å². The number of hydrogen-bond acceptors (Lipinski definition) is 5. The smallest absolute Gasteiger partial charge is 0.266 e. The van der Waals surface area contributed by atoms with Crippen LogP contribution in [0.1, 0.15) is 11.1 Å². The summed E-state index contributed by atoms with van der Waals surface area (Å²) in [7, 11) is 0. The summed E-state index contributed by atoms with van der Waals surface area (Å²) in [6.07, 6.45) is 1.88. The van der Waals surface area contributed by atoms with Gasteiger partial charge >= 0.3 is 0 Å². The van der Waals surface area contributed by atoms with Crippen LogP contribution in [0.15, 0.2) is 46.6 Å². The summed E-state index contributed by atoms with van der Waals surface area (Å²) in [5.41, 5.74) is 2.09. The zero-order valence-electron chi connectivity index (χ0n) is 11.7. The molecule has 0 N–H and O–H groups in total. The van der Waals surface area contributed by atoms with Crippen molar-refractivity contribution < 1.29 is 0 Å². The molecule has 4 rings (SSSR count). The molecule has 4 nitrogen and oxygen atoms in total. The van der Waals surface area contributed by atoms with E-state index in [2.05, 4.69) is 10.1 Å². The van der Waals surface area contributed by atoms with Crippen molar-refractivity contribution >= 4 is 33.7 Å². The Hall–Kier alpha value is -2.31. The zero-order chi connectivity index (χ0) is 15.1. The molecule has 4 aromatic rings. The second-order valence-electron chi connectivity index (χ2n) is 4.93. The minimum absolute atomic E-state index is 0.115. The molecule has 22 heavy (non-hydrogen) atoms. The van der Waals surface area contributed by atoms with Crippen LogP contribution in [-0.2, 0) is 0 Å². The number of hydrogen-bond donors (Lipinski definition) is 0. The molecule has 108 valence electrons. The monoisotopic (exact) mass is 325 g/mol. The van der Waals surface area contributed by atoms with Gasteiger partial charge in [-0.05, 0) is 30.0 Å². The van der Waals surface area contributed by atoms with Crippen LogP contribution in [0.2, 0.25) is 0 Å². The molecule has 0 bridgehead atoms. The van der Waals surface area contributed by atoms with E-state index < -0.39 is 0 Å². The average molecular weight is 325 g/mol. The van der Waals surface area contributed by atoms with E-state index in [1.54, 1.807) is 11.3 Å². The Morgan fingerprint density at radius 3 is 2.68 bits per heavy atom. The van der Waals surface area contributed by atoms with Crippen molar-refractivity contribution in [2.24, 2.45) is 0 Å². The van der Waals surface area contributed by atoms with E-state index in [1.807, 2.05) is 54.8 Å². The van der Waals surface area contributed by atoms with E-state index in [1.165, 1.54) is 21.4 Å². The summed E-state index contributed by atoms with van der Waals surface area (Å²) < 4.78 is 2.04.